The Morgan fingerprint density at radius 3 is 2.44 bits per heavy atom. The molecule has 16 heavy (non-hydrogen) atoms. The van der Waals surface area contributed by atoms with Crippen molar-refractivity contribution in [1.82, 2.24) is 5.32 Å². The van der Waals surface area contributed by atoms with E-state index in [1.54, 1.807) is 14.2 Å². The molecule has 0 amide bonds. The molecule has 0 heterocycles. The molecule has 90 valence electrons. The molecule has 0 unspecified atom stereocenters. The van der Waals surface area contributed by atoms with Gasteiger partial charge in [0.1, 0.15) is 11.5 Å². The Kier molecular flexibility index (Phi) is 4.43. The highest BCUT2D eigenvalue weighted by Crippen LogP contribution is 2.36. The van der Waals surface area contributed by atoms with E-state index in [1.807, 2.05) is 33.2 Å². The number of hydrogen-bond donors (Lipinski definition) is 1. The van der Waals surface area contributed by atoms with Crippen LogP contribution in [-0.4, -0.2) is 35.0 Å². The van der Waals surface area contributed by atoms with Gasteiger partial charge in [-0.3, -0.25) is 0 Å². The summed E-state index contributed by atoms with van der Waals surface area (Å²) in [7, 11) is 7.27. The van der Waals surface area contributed by atoms with Crippen molar-refractivity contribution in [1.29, 1.82) is 0 Å². The minimum atomic E-state index is 0.766. The Balaban J connectivity index is 3.14. The summed E-state index contributed by atoms with van der Waals surface area (Å²) in [5.74, 6) is 1.70. The molecule has 1 N–H and O–H groups in total. The second kappa shape index (κ2) is 5.61. The summed E-state index contributed by atoms with van der Waals surface area (Å²) in [5.41, 5.74) is 2.07. The van der Waals surface area contributed by atoms with E-state index in [2.05, 4.69) is 10.2 Å². The molecule has 0 saturated heterocycles. The molecule has 4 nitrogen and oxygen atoms in total. The SMILES string of the molecule is CNCN(C)c1ccc(OC)c(C)c1OC. The molecule has 1 rings (SSSR count). The third-order valence-corrected chi connectivity index (χ3v) is 2.57. The number of anilines is 1. The van der Waals surface area contributed by atoms with Gasteiger partial charge in [0.25, 0.3) is 0 Å². The number of methoxy groups -OCH3 is 2. The summed E-state index contributed by atoms with van der Waals surface area (Å²) < 4.78 is 10.7. The molecule has 0 atom stereocenters. The van der Waals surface area contributed by atoms with Crippen LogP contribution in [0.25, 0.3) is 0 Å². The van der Waals surface area contributed by atoms with Crippen LogP contribution >= 0.6 is 0 Å². The minimum absolute atomic E-state index is 0.766. The standard InChI is InChI=1S/C12H20N2O2/c1-9-11(15-4)7-6-10(12(9)16-5)14(3)8-13-2/h6-7,13H,8H2,1-5H3. The molecule has 0 aliphatic carbocycles. The van der Waals surface area contributed by atoms with E-state index in [1.165, 1.54) is 0 Å². The molecule has 0 saturated carbocycles. The lowest BCUT2D eigenvalue weighted by molar-refractivity contribution is 0.389. The van der Waals surface area contributed by atoms with E-state index < -0.39 is 0 Å². The second-order valence-corrected chi connectivity index (χ2v) is 3.65. The largest absolute Gasteiger partial charge is 0.496 e. The first-order valence-corrected chi connectivity index (χ1v) is 5.23. The summed E-state index contributed by atoms with van der Waals surface area (Å²) in [6, 6.07) is 3.96. The molecular weight excluding hydrogens is 204 g/mol. The Labute approximate surface area is 97.2 Å². The van der Waals surface area contributed by atoms with Crippen LogP contribution < -0.4 is 19.7 Å². The van der Waals surface area contributed by atoms with E-state index in [-0.39, 0.29) is 0 Å². The fourth-order valence-corrected chi connectivity index (χ4v) is 1.76. The lowest BCUT2D eigenvalue weighted by Gasteiger charge is -2.23. The zero-order valence-electron chi connectivity index (χ0n) is 10.6. The molecule has 1 aromatic carbocycles. The third-order valence-electron chi connectivity index (χ3n) is 2.57. The summed E-state index contributed by atoms with van der Waals surface area (Å²) in [5, 5.41) is 3.10. The molecule has 0 aromatic heterocycles. The Hall–Kier alpha value is -1.42. The normalized spacial score (nSPS) is 10.1. The minimum Gasteiger partial charge on any atom is -0.496 e. The first-order chi connectivity index (χ1) is 7.65. The van der Waals surface area contributed by atoms with E-state index >= 15 is 0 Å². The fraction of sp³-hybridized carbons (Fsp3) is 0.500. The molecule has 0 aliphatic heterocycles. The number of hydrogen-bond acceptors (Lipinski definition) is 4. The zero-order chi connectivity index (χ0) is 12.1. The lowest BCUT2D eigenvalue weighted by Crippen LogP contribution is -2.28. The molecule has 4 heteroatoms. The van der Waals surface area contributed by atoms with Gasteiger partial charge in [-0.05, 0) is 26.1 Å². The van der Waals surface area contributed by atoms with Crippen LogP contribution in [0.2, 0.25) is 0 Å². The van der Waals surface area contributed by atoms with Crippen LogP contribution in [0.4, 0.5) is 5.69 Å². The summed E-state index contributed by atoms with van der Waals surface area (Å²) in [4.78, 5) is 2.09. The number of rotatable bonds is 5. The quantitative estimate of drug-likeness (QED) is 0.771. The molecule has 1 aromatic rings. The van der Waals surface area contributed by atoms with Crippen LogP contribution in [0.15, 0.2) is 12.1 Å². The van der Waals surface area contributed by atoms with Gasteiger partial charge in [-0.25, -0.2) is 0 Å². The molecule has 0 radical (unpaired) electrons. The fourth-order valence-electron chi connectivity index (χ4n) is 1.76. The Morgan fingerprint density at radius 1 is 1.25 bits per heavy atom. The molecule has 0 spiro atoms. The van der Waals surface area contributed by atoms with Crippen molar-refractivity contribution < 1.29 is 9.47 Å². The molecule has 0 fully saturated rings. The highest BCUT2D eigenvalue weighted by molar-refractivity contribution is 5.65. The van der Waals surface area contributed by atoms with Gasteiger partial charge in [0.15, 0.2) is 0 Å². The van der Waals surface area contributed by atoms with Gasteiger partial charge in [-0.2, -0.15) is 0 Å². The Bertz CT molecular complexity index is 353. The van der Waals surface area contributed by atoms with Gasteiger partial charge >= 0.3 is 0 Å². The lowest BCUT2D eigenvalue weighted by atomic mass is 10.1. The van der Waals surface area contributed by atoms with Gasteiger partial charge in [0.2, 0.25) is 0 Å². The van der Waals surface area contributed by atoms with Crippen molar-refractivity contribution in [2.24, 2.45) is 0 Å². The maximum Gasteiger partial charge on any atom is 0.148 e. The topological polar surface area (TPSA) is 33.7 Å². The maximum atomic E-state index is 5.44. The molecule has 0 bridgehead atoms. The van der Waals surface area contributed by atoms with Crippen LogP contribution in [0.5, 0.6) is 11.5 Å². The van der Waals surface area contributed by atoms with Crippen molar-refractivity contribution in [3.63, 3.8) is 0 Å². The van der Waals surface area contributed by atoms with Crippen molar-refractivity contribution in [3.8, 4) is 11.5 Å². The number of benzene rings is 1. The molecular formula is C12H20N2O2. The first-order valence-electron chi connectivity index (χ1n) is 5.23. The van der Waals surface area contributed by atoms with E-state index in [0.29, 0.717) is 0 Å². The average molecular weight is 224 g/mol. The van der Waals surface area contributed by atoms with Crippen molar-refractivity contribution >= 4 is 5.69 Å². The van der Waals surface area contributed by atoms with Crippen molar-refractivity contribution in [2.45, 2.75) is 6.92 Å². The highest BCUT2D eigenvalue weighted by Gasteiger charge is 2.13. The van der Waals surface area contributed by atoms with Crippen LogP contribution in [0, 0.1) is 6.92 Å². The number of nitrogens with zero attached hydrogens (tertiary/aromatic N) is 1. The van der Waals surface area contributed by atoms with Gasteiger partial charge in [-0.15, -0.1) is 0 Å². The van der Waals surface area contributed by atoms with Gasteiger partial charge < -0.3 is 19.7 Å². The van der Waals surface area contributed by atoms with E-state index in [9.17, 15) is 0 Å². The zero-order valence-corrected chi connectivity index (χ0v) is 10.6. The highest BCUT2D eigenvalue weighted by atomic mass is 16.5. The summed E-state index contributed by atoms with van der Waals surface area (Å²) in [6.07, 6.45) is 0. The summed E-state index contributed by atoms with van der Waals surface area (Å²) >= 11 is 0. The van der Waals surface area contributed by atoms with E-state index in [0.717, 1.165) is 29.4 Å². The van der Waals surface area contributed by atoms with Gasteiger partial charge in [-0.1, -0.05) is 0 Å². The van der Waals surface area contributed by atoms with E-state index in [4.69, 9.17) is 9.47 Å². The second-order valence-electron chi connectivity index (χ2n) is 3.65. The predicted octanol–water partition coefficient (Wildman–Crippen LogP) is 1.63. The molecule has 0 aliphatic rings. The van der Waals surface area contributed by atoms with Crippen LogP contribution in [0.3, 0.4) is 0 Å². The number of nitrogens with one attached hydrogen (secondary N) is 1. The monoisotopic (exact) mass is 224 g/mol. The predicted molar refractivity (Wildman–Crippen MR) is 66.6 cm³/mol. The maximum absolute atomic E-state index is 5.44. The summed E-state index contributed by atoms with van der Waals surface area (Å²) in [6.45, 7) is 2.76. The van der Waals surface area contributed by atoms with Crippen molar-refractivity contribution in [2.75, 3.05) is 39.9 Å². The van der Waals surface area contributed by atoms with Crippen LogP contribution in [-0.2, 0) is 0 Å². The smallest absolute Gasteiger partial charge is 0.148 e. The first kappa shape index (κ1) is 12.6. The Morgan fingerprint density at radius 2 is 1.94 bits per heavy atom. The van der Waals surface area contributed by atoms with Gasteiger partial charge in [0.05, 0.1) is 26.6 Å². The third kappa shape index (κ3) is 2.39. The average Bonchev–Trinajstić information content (AvgIpc) is 2.28. The van der Waals surface area contributed by atoms with Crippen LogP contribution in [0.1, 0.15) is 5.56 Å². The number of ether oxygens (including phenoxy) is 2. The van der Waals surface area contributed by atoms with Crippen molar-refractivity contribution in [3.05, 3.63) is 17.7 Å². The van der Waals surface area contributed by atoms with Gasteiger partial charge in [0, 0.05) is 12.6 Å².